The van der Waals surface area contributed by atoms with E-state index in [2.05, 4.69) is 12.6 Å². The minimum atomic E-state index is -3.93. The maximum absolute atomic E-state index is 12.4. The lowest BCUT2D eigenvalue weighted by atomic mass is 10.2. The monoisotopic (exact) mass is 753 g/mol. The quantitative estimate of drug-likeness (QED) is 0.211. The van der Waals surface area contributed by atoms with E-state index in [0.29, 0.717) is 24.1 Å². The van der Waals surface area contributed by atoms with Crippen LogP contribution in [0.1, 0.15) is 24.0 Å². The Hall–Kier alpha value is -5.02. The molecule has 0 bridgehead atoms. The standard InChI is InChI=1S/C15H20N4O7S.C15H19N3O5S/c1-17(2)14(20)13-7-12(27(16,24)25)8-18(13)15(21)26-9-10-3-5-11(6-4-10)19(22)23;1-16(2)14(19)13-7-12(24)8-17(13)15(20)23-9-10-3-5-11(6-4-10)18(21)22/h3-6,12-13H,7-9H2,1-2H3,(H2,16,24,25);3-6,12-13,24H,7-9H2,1-2H3. The van der Waals surface area contributed by atoms with Crippen LogP contribution in [-0.2, 0) is 42.3 Å². The smallest absolute Gasteiger partial charge is 0.410 e. The van der Waals surface area contributed by atoms with Gasteiger partial charge in [0.25, 0.3) is 11.4 Å². The maximum Gasteiger partial charge on any atom is 0.410 e. The second-order valence-corrected chi connectivity index (χ2v) is 14.7. The Morgan fingerprint density at radius 1 is 0.765 bits per heavy atom. The fourth-order valence-electron chi connectivity index (χ4n) is 5.20. The molecule has 0 aliphatic carbocycles. The molecule has 2 fully saturated rings. The van der Waals surface area contributed by atoms with Crippen LogP contribution in [0, 0.1) is 20.2 Å². The van der Waals surface area contributed by atoms with E-state index in [1.165, 1.54) is 77.3 Å². The number of nitrogens with zero attached hydrogens (tertiary/aromatic N) is 6. The van der Waals surface area contributed by atoms with Gasteiger partial charge in [-0.1, -0.05) is 0 Å². The Labute approximate surface area is 299 Å². The van der Waals surface area contributed by atoms with Gasteiger partial charge >= 0.3 is 12.2 Å². The molecule has 51 heavy (non-hydrogen) atoms. The molecule has 2 saturated heterocycles. The third kappa shape index (κ3) is 11.0. The van der Waals surface area contributed by atoms with Crippen LogP contribution < -0.4 is 5.14 Å². The van der Waals surface area contributed by atoms with Crippen molar-refractivity contribution in [1.29, 1.82) is 0 Å². The minimum absolute atomic E-state index is 0.0204. The summed E-state index contributed by atoms with van der Waals surface area (Å²) in [5, 5.41) is 25.3. The van der Waals surface area contributed by atoms with Crippen LogP contribution in [0.5, 0.6) is 0 Å². The molecule has 2 aliphatic rings. The number of thiol groups is 1. The van der Waals surface area contributed by atoms with Gasteiger partial charge in [-0.2, -0.15) is 12.6 Å². The summed E-state index contributed by atoms with van der Waals surface area (Å²) in [5.74, 6) is -0.604. The van der Waals surface area contributed by atoms with Crippen molar-refractivity contribution in [3.63, 3.8) is 0 Å². The van der Waals surface area contributed by atoms with Gasteiger partial charge in [-0.05, 0) is 48.2 Å². The Morgan fingerprint density at radius 3 is 1.49 bits per heavy atom. The summed E-state index contributed by atoms with van der Waals surface area (Å²) >= 11 is 4.35. The Kier molecular flexibility index (Phi) is 13.7. The number of nitro benzene ring substituents is 2. The highest BCUT2D eigenvalue weighted by atomic mass is 32.2. The summed E-state index contributed by atoms with van der Waals surface area (Å²) in [4.78, 5) is 74.4. The fourth-order valence-corrected chi connectivity index (χ4v) is 6.40. The van der Waals surface area contributed by atoms with Crippen LogP contribution in [-0.4, -0.2) is 126 Å². The van der Waals surface area contributed by atoms with Crippen molar-refractivity contribution in [3.8, 4) is 0 Å². The average Bonchev–Trinajstić information content (AvgIpc) is 3.70. The van der Waals surface area contributed by atoms with E-state index in [1.807, 2.05) is 0 Å². The number of ether oxygens (including phenoxy) is 2. The number of primary sulfonamides is 1. The number of sulfonamides is 1. The van der Waals surface area contributed by atoms with Gasteiger partial charge in [0.05, 0.1) is 15.1 Å². The van der Waals surface area contributed by atoms with E-state index in [0.717, 1.165) is 4.90 Å². The van der Waals surface area contributed by atoms with Gasteiger partial charge in [0.1, 0.15) is 25.3 Å². The Morgan fingerprint density at radius 2 is 1.14 bits per heavy atom. The molecule has 21 heteroatoms. The Bertz CT molecular complexity index is 1720. The molecule has 278 valence electrons. The van der Waals surface area contributed by atoms with Crippen molar-refractivity contribution < 1.29 is 46.9 Å². The molecule has 4 atom stereocenters. The van der Waals surface area contributed by atoms with Crippen LogP contribution in [0.2, 0.25) is 0 Å². The number of non-ortho nitro benzene ring substituents is 2. The molecule has 2 aromatic rings. The molecule has 4 rings (SSSR count). The third-order valence-electron chi connectivity index (χ3n) is 7.95. The average molecular weight is 754 g/mol. The first-order valence-electron chi connectivity index (χ1n) is 15.3. The second kappa shape index (κ2) is 17.3. The number of amides is 4. The first-order chi connectivity index (χ1) is 23.8. The van der Waals surface area contributed by atoms with Crippen molar-refractivity contribution >= 4 is 58.0 Å². The summed E-state index contributed by atoms with van der Waals surface area (Å²) in [7, 11) is 2.33. The molecule has 2 heterocycles. The molecular weight excluding hydrogens is 715 g/mol. The first kappa shape index (κ1) is 40.4. The summed E-state index contributed by atoms with van der Waals surface area (Å²) < 4.78 is 33.6. The summed E-state index contributed by atoms with van der Waals surface area (Å²) in [6.45, 7) is -0.113. The van der Waals surface area contributed by atoms with Crippen molar-refractivity contribution in [1.82, 2.24) is 19.6 Å². The summed E-state index contributed by atoms with van der Waals surface area (Å²) in [5.41, 5.74) is 1.01. The van der Waals surface area contributed by atoms with E-state index in [9.17, 15) is 47.8 Å². The van der Waals surface area contributed by atoms with Crippen LogP contribution in [0.25, 0.3) is 0 Å². The van der Waals surface area contributed by atoms with Crippen molar-refractivity contribution in [2.45, 2.75) is 48.6 Å². The lowest BCUT2D eigenvalue weighted by molar-refractivity contribution is -0.385. The van der Waals surface area contributed by atoms with Crippen molar-refractivity contribution in [3.05, 3.63) is 79.9 Å². The van der Waals surface area contributed by atoms with E-state index < -0.39 is 55.3 Å². The van der Waals surface area contributed by atoms with Gasteiger partial charge in [0, 0.05) is 70.8 Å². The molecule has 2 aromatic carbocycles. The predicted molar refractivity (Wildman–Crippen MR) is 184 cm³/mol. The number of carbonyl (C=O) groups excluding carboxylic acids is 4. The predicted octanol–water partition coefficient (Wildman–Crippen LogP) is 1.74. The van der Waals surface area contributed by atoms with E-state index in [1.54, 1.807) is 14.1 Å². The van der Waals surface area contributed by atoms with Crippen LogP contribution in [0.4, 0.5) is 21.0 Å². The van der Waals surface area contributed by atoms with E-state index in [4.69, 9.17) is 14.6 Å². The van der Waals surface area contributed by atoms with E-state index >= 15 is 0 Å². The zero-order valence-corrected chi connectivity index (χ0v) is 29.9. The lowest BCUT2D eigenvalue weighted by Gasteiger charge is -2.25. The summed E-state index contributed by atoms with van der Waals surface area (Å²) in [6, 6.07) is 9.60. The molecule has 19 nitrogen and oxygen atoms in total. The molecular formula is C30H39N7O12S2. The van der Waals surface area contributed by atoms with Crippen molar-refractivity contribution in [2.75, 3.05) is 41.3 Å². The lowest BCUT2D eigenvalue weighted by Crippen LogP contribution is -2.45. The number of hydrogen-bond donors (Lipinski definition) is 2. The normalized spacial score (nSPS) is 19.7. The largest absolute Gasteiger partial charge is 0.445 e. The number of nitrogens with two attached hydrogens (primary N) is 1. The zero-order chi connectivity index (χ0) is 38.2. The number of rotatable bonds is 9. The molecule has 0 aromatic heterocycles. The first-order valence-corrected chi connectivity index (χ1v) is 17.4. The van der Waals surface area contributed by atoms with Gasteiger partial charge in [-0.15, -0.1) is 0 Å². The van der Waals surface area contributed by atoms with Crippen LogP contribution in [0.15, 0.2) is 48.5 Å². The molecule has 4 unspecified atom stereocenters. The van der Waals surface area contributed by atoms with Gasteiger partial charge in [-0.25, -0.2) is 23.1 Å². The number of nitro groups is 2. The molecule has 0 spiro atoms. The third-order valence-corrected chi connectivity index (χ3v) is 9.59. The number of benzene rings is 2. The number of hydrogen-bond acceptors (Lipinski definition) is 13. The maximum atomic E-state index is 12.4. The summed E-state index contributed by atoms with van der Waals surface area (Å²) in [6.07, 6.45) is -1.08. The molecule has 2 N–H and O–H groups in total. The second-order valence-electron chi connectivity index (χ2n) is 12.1. The number of likely N-dealkylation sites (tertiary alicyclic amines) is 2. The van der Waals surface area contributed by atoms with Crippen LogP contribution in [0.3, 0.4) is 0 Å². The molecule has 4 amide bonds. The van der Waals surface area contributed by atoms with Gasteiger partial charge in [0.15, 0.2) is 0 Å². The molecule has 0 radical (unpaired) electrons. The topological polar surface area (TPSA) is 246 Å². The highest BCUT2D eigenvalue weighted by Gasteiger charge is 2.45. The van der Waals surface area contributed by atoms with E-state index in [-0.39, 0.29) is 48.7 Å². The van der Waals surface area contributed by atoms with Crippen molar-refractivity contribution in [2.24, 2.45) is 5.14 Å². The van der Waals surface area contributed by atoms with Gasteiger partial charge in [0.2, 0.25) is 21.8 Å². The SMILES string of the molecule is CN(C)C(=O)C1CC(S(N)(=O)=O)CN1C(=O)OCc1ccc([N+](=O)[O-])cc1.CN(C)C(=O)C1CC(S)CN1C(=O)OCc1ccc([N+](=O)[O-])cc1. The van der Waals surface area contributed by atoms with Gasteiger partial charge in [-0.3, -0.25) is 39.6 Å². The highest BCUT2D eigenvalue weighted by molar-refractivity contribution is 7.89. The van der Waals surface area contributed by atoms with Gasteiger partial charge < -0.3 is 19.3 Å². The zero-order valence-electron chi connectivity index (χ0n) is 28.2. The highest BCUT2D eigenvalue weighted by Crippen LogP contribution is 2.26. The van der Waals surface area contributed by atoms with Crippen LogP contribution >= 0.6 is 12.6 Å². The number of likely N-dealkylation sites (N-methyl/N-ethyl adjacent to an activating group) is 2. The minimum Gasteiger partial charge on any atom is -0.445 e. The molecule has 0 saturated carbocycles. The Balaban J connectivity index is 0.000000277. The number of carbonyl (C=O) groups is 4. The fraction of sp³-hybridized carbons (Fsp3) is 0.467. The molecule has 2 aliphatic heterocycles.